The zero-order chi connectivity index (χ0) is 20.4. The second-order valence-corrected chi connectivity index (χ2v) is 9.26. The number of anilines is 2. The molecule has 0 bridgehead atoms. The van der Waals surface area contributed by atoms with E-state index in [-0.39, 0.29) is 12.4 Å². The van der Waals surface area contributed by atoms with E-state index in [0.717, 1.165) is 16.5 Å². The molecule has 0 saturated heterocycles. The lowest BCUT2D eigenvalue weighted by molar-refractivity contribution is 0.233. The van der Waals surface area contributed by atoms with Crippen LogP contribution in [0.4, 0.5) is 11.5 Å². The van der Waals surface area contributed by atoms with Gasteiger partial charge in [-0.15, -0.1) is 0 Å². The van der Waals surface area contributed by atoms with Crippen molar-refractivity contribution < 1.29 is 18.9 Å². The van der Waals surface area contributed by atoms with Gasteiger partial charge in [-0.1, -0.05) is 24.3 Å². The van der Waals surface area contributed by atoms with E-state index in [1.54, 1.807) is 6.07 Å². The highest BCUT2D eigenvalue weighted by Crippen LogP contribution is 2.52. The molecule has 3 aromatic rings. The maximum atomic E-state index is 10.8. The molecular weight excluding hydrogens is 390 g/mol. The zero-order valence-corrected chi connectivity index (χ0v) is 16.8. The molecule has 0 radical (unpaired) electrons. The van der Waals surface area contributed by atoms with Gasteiger partial charge in [0.05, 0.1) is 22.8 Å². The van der Waals surface area contributed by atoms with E-state index in [1.165, 1.54) is 0 Å². The van der Waals surface area contributed by atoms with Crippen LogP contribution in [0.15, 0.2) is 53.4 Å². The van der Waals surface area contributed by atoms with Crippen molar-refractivity contribution in [2.24, 2.45) is 0 Å². The van der Waals surface area contributed by atoms with E-state index >= 15 is 0 Å². The van der Waals surface area contributed by atoms with Crippen molar-refractivity contribution >= 4 is 33.0 Å². The van der Waals surface area contributed by atoms with Crippen molar-refractivity contribution in [1.82, 2.24) is 4.98 Å². The van der Waals surface area contributed by atoms with E-state index in [2.05, 4.69) is 0 Å². The first-order valence-corrected chi connectivity index (χ1v) is 11.2. The Morgan fingerprint density at radius 3 is 2.79 bits per heavy atom. The van der Waals surface area contributed by atoms with Crippen LogP contribution in [0.2, 0.25) is 0 Å². The van der Waals surface area contributed by atoms with E-state index in [4.69, 9.17) is 20.6 Å². The number of aliphatic hydroxyl groups is 1. The normalized spacial score (nSPS) is 16.9. The molecule has 0 atom stereocenters. The molecule has 7 nitrogen and oxygen atoms in total. The number of nitrogen functional groups attached to an aromatic ring is 1. The molecule has 0 spiro atoms. The van der Waals surface area contributed by atoms with Gasteiger partial charge in [-0.05, 0) is 17.7 Å². The highest BCUT2D eigenvalue weighted by Gasteiger charge is 2.27. The third-order valence-electron chi connectivity index (χ3n) is 5.03. The number of fused-ring (bicyclic) bond motifs is 2. The van der Waals surface area contributed by atoms with Crippen LogP contribution in [0.3, 0.4) is 0 Å². The molecule has 0 amide bonds. The van der Waals surface area contributed by atoms with Crippen LogP contribution in [-0.2, 0) is 6.54 Å². The largest absolute Gasteiger partial charge is 0.493 e. The molecule has 1 aromatic heterocycles. The fourth-order valence-electron chi connectivity index (χ4n) is 3.49. The second-order valence-electron chi connectivity index (χ2n) is 7.07. The van der Waals surface area contributed by atoms with Gasteiger partial charge in [0.2, 0.25) is 0 Å². The Balaban J connectivity index is 1.66. The van der Waals surface area contributed by atoms with E-state index in [1.807, 2.05) is 47.4 Å². The quantitative estimate of drug-likeness (QED) is 0.470. The number of pyridine rings is 1. The predicted octanol–water partition coefficient (Wildman–Crippen LogP) is 3.71. The van der Waals surface area contributed by atoms with Gasteiger partial charge < -0.3 is 20.5 Å². The van der Waals surface area contributed by atoms with Gasteiger partial charge in [-0.3, -0.25) is 9.11 Å². The van der Waals surface area contributed by atoms with Crippen LogP contribution >= 0.6 is 10.6 Å². The van der Waals surface area contributed by atoms with Crippen molar-refractivity contribution in [3.8, 4) is 5.75 Å². The van der Waals surface area contributed by atoms with Gasteiger partial charge in [0.15, 0.2) is 0 Å². The summed E-state index contributed by atoms with van der Waals surface area (Å²) in [4.78, 5) is 7.27. The number of aromatic nitrogens is 1. The summed E-state index contributed by atoms with van der Waals surface area (Å²) in [5, 5.41) is 9.81. The highest BCUT2D eigenvalue weighted by molar-refractivity contribution is 8.24. The van der Waals surface area contributed by atoms with Crippen molar-refractivity contribution in [1.29, 1.82) is 0 Å². The molecule has 1 aliphatic rings. The number of nitrogens with two attached hydrogens (primary N) is 1. The van der Waals surface area contributed by atoms with Crippen LogP contribution in [-0.4, -0.2) is 44.7 Å². The lowest BCUT2D eigenvalue weighted by atomic mass is 10.1. The number of para-hydroxylation sites is 1. The summed E-state index contributed by atoms with van der Waals surface area (Å²) in [6.45, 7) is 1.37. The maximum Gasteiger partial charge on any atom is 0.131 e. The molecular formula is C21H25N3O4S. The fraction of sp³-hybridized carbons (Fsp3) is 0.286. The SMILES string of the molecule is Nc1cc(N2CCS(O)(O)c3cc(OCCCO)ccc3C2)nc2ccccc12. The van der Waals surface area contributed by atoms with Gasteiger partial charge in [-0.2, -0.15) is 10.6 Å². The van der Waals surface area contributed by atoms with Gasteiger partial charge in [-0.25, -0.2) is 4.98 Å². The summed E-state index contributed by atoms with van der Waals surface area (Å²) < 4.78 is 27.1. The smallest absolute Gasteiger partial charge is 0.131 e. The Morgan fingerprint density at radius 2 is 1.97 bits per heavy atom. The van der Waals surface area contributed by atoms with Crippen LogP contribution in [0.25, 0.3) is 10.9 Å². The summed E-state index contributed by atoms with van der Waals surface area (Å²) in [7, 11) is -2.96. The van der Waals surface area contributed by atoms with Crippen molar-refractivity contribution in [3.05, 3.63) is 54.1 Å². The highest BCUT2D eigenvalue weighted by atomic mass is 32.3. The van der Waals surface area contributed by atoms with Crippen LogP contribution in [0, 0.1) is 0 Å². The molecule has 0 unspecified atom stereocenters. The average molecular weight is 416 g/mol. The predicted molar refractivity (Wildman–Crippen MR) is 117 cm³/mol. The second kappa shape index (κ2) is 8.08. The molecule has 154 valence electrons. The molecule has 0 fully saturated rings. The van der Waals surface area contributed by atoms with E-state index < -0.39 is 10.6 Å². The summed E-state index contributed by atoms with van der Waals surface area (Å²) in [5.41, 5.74) is 8.52. The Hall–Kier alpha value is -2.52. The van der Waals surface area contributed by atoms with Gasteiger partial charge >= 0.3 is 0 Å². The van der Waals surface area contributed by atoms with Gasteiger partial charge in [0.25, 0.3) is 0 Å². The molecule has 5 N–H and O–H groups in total. The topological polar surface area (TPSA) is 112 Å². The first-order chi connectivity index (χ1) is 14.0. The third kappa shape index (κ3) is 4.11. The van der Waals surface area contributed by atoms with E-state index in [9.17, 15) is 9.11 Å². The summed E-state index contributed by atoms with van der Waals surface area (Å²) in [6.07, 6.45) is 0.524. The number of aliphatic hydroxyl groups excluding tert-OH is 1. The zero-order valence-electron chi connectivity index (χ0n) is 16.0. The fourth-order valence-corrected chi connectivity index (χ4v) is 5.04. The Morgan fingerprint density at radius 1 is 1.14 bits per heavy atom. The van der Waals surface area contributed by atoms with Crippen molar-refractivity contribution in [3.63, 3.8) is 0 Å². The molecule has 8 heteroatoms. The molecule has 4 rings (SSSR count). The lowest BCUT2D eigenvalue weighted by Crippen LogP contribution is -2.26. The third-order valence-corrected chi connectivity index (χ3v) is 6.86. The first kappa shape index (κ1) is 19.8. The molecule has 29 heavy (non-hydrogen) atoms. The average Bonchev–Trinajstić information content (AvgIpc) is 2.84. The van der Waals surface area contributed by atoms with Crippen LogP contribution in [0.5, 0.6) is 5.75 Å². The number of benzene rings is 2. The van der Waals surface area contributed by atoms with Crippen LogP contribution in [0.1, 0.15) is 12.0 Å². The Bertz CT molecular complexity index is 1030. The number of nitrogens with zero attached hydrogens (tertiary/aromatic N) is 2. The summed E-state index contributed by atoms with van der Waals surface area (Å²) in [5.74, 6) is 1.49. The van der Waals surface area contributed by atoms with Gasteiger partial charge in [0, 0.05) is 49.3 Å². The standard InChI is InChI=1S/C21H25N3O4S/c22-18-13-21(23-19-5-2-1-4-17(18)19)24-8-11-29(26,27)20-12-16(28-10-3-9-25)7-6-15(20)14-24/h1-2,4-7,12-13,25-27H,3,8-11,14H2,(H2,22,23). The molecule has 0 saturated carbocycles. The lowest BCUT2D eigenvalue weighted by Gasteiger charge is -2.32. The minimum absolute atomic E-state index is 0.0526. The van der Waals surface area contributed by atoms with Gasteiger partial charge in [0.1, 0.15) is 11.6 Å². The van der Waals surface area contributed by atoms with E-state index in [0.29, 0.717) is 48.3 Å². The molecule has 2 heterocycles. The van der Waals surface area contributed by atoms with Crippen LogP contribution < -0.4 is 15.4 Å². The number of hydrogen-bond donors (Lipinski definition) is 4. The van der Waals surface area contributed by atoms with Crippen molar-refractivity contribution in [2.75, 3.05) is 36.1 Å². The first-order valence-electron chi connectivity index (χ1n) is 9.51. The maximum absolute atomic E-state index is 10.8. The molecule has 2 aromatic carbocycles. The Labute approximate surface area is 171 Å². The summed E-state index contributed by atoms with van der Waals surface area (Å²) >= 11 is 0. The number of hydrogen-bond acceptors (Lipinski definition) is 7. The molecule has 0 aliphatic carbocycles. The Kier molecular flexibility index (Phi) is 5.51. The van der Waals surface area contributed by atoms with Crippen molar-refractivity contribution in [2.45, 2.75) is 17.9 Å². The monoisotopic (exact) mass is 415 g/mol. The number of ether oxygens (including phenoxy) is 1. The molecule has 1 aliphatic heterocycles. The minimum atomic E-state index is -2.96. The minimum Gasteiger partial charge on any atom is -0.493 e. The number of rotatable bonds is 5. The summed E-state index contributed by atoms with van der Waals surface area (Å²) in [6, 6.07) is 14.9.